The number of carboxylic acids is 1. The van der Waals surface area contributed by atoms with Gasteiger partial charge in [-0.25, -0.2) is 4.79 Å². The minimum atomic E-state index is -0.889. The molecule has 2 fully saturated rings. The molecule has 0 heterocycles. The molecule has 2 saturated carbocycles. The summed E-state index contributed by atoms with van der Waals surface area (Å²) >= 11 is 3.44. The molecule has 102 valence electrons. The van der Waals surface area contributed by atoms with E-state index in [0.717, 1.165) is 34.5 Å². The number of aromatic carboxylic acids is 1. The van der Waals surface area contributed by atoms with Crippen molar-refractivity contribution in [2.45, 2.75) is 25.7 Å². The Morgan fingerprint density at radius 1 is 1.37 bits per heavy atom. The number of carboxylic acid groups (broad SMARTS) is 1. The number of benzene rings is 1. The van der Waals surface area contributed by atoms with Crippen molar-refractivity contribution in [1.29, 1.82) is 0 Å². The Morgan fingerprint density at radius 3 is 2.79 bits per heavy atom. The first-order valence-corrected chi connectivity index (χ1v) is 7.69. The minimum Gasteiger partial charge on any atom is -0.478 e. The Kier molecular flexibility index (Phi) is 3.52. The second kappa shape index (κ2) is 5.16. The number of anilines is 1. The lowest BCUT2D eigenvalue weighted by atomic mass is 9.89. The van der Waals surface area contributed by atoms with Crippen LogP contribution in [0.4, 0.5) is 5.69 Å². The molecule has 19 heavy (non-hydrogen) atoms. The number of hydrogen-bond acceptors (Lipinski definition) is 2. The molecule has 2 bridgehead atoms. The number of fused-ring (bicyclic) bond motifs is 2. The zero-order chi connectivity index (χ0) is 13.4. The van der Waals surface area contributed by atoms with Gasteiger partial charge in [-0.05, 0) is 71.1 Å². The summed E-state index contributed by atoms with van der Waals surface area (Å²) < 4.78 is 0.829. The highest BCUT2D eigenvalue weighted by atomic mass is 79.9. The summed E-state index contributed by atoms with van der Waals surface area (Å²) in [5.41, 5.74) is 1.31. The first-order chi connectivity index (χ1) is 9.13. The number of halogens is 1. The van der Waals surface area contributed by atoms with Crippen molar-refractivity contribution in [1.82, 2.24) is 0 Å². The third kappa shape index (κ3) is 2.64. The lowest BCUT2D eigenvalue weighted by molar-refractivity contribution is 0.0697. The van der Waals surface area contributed by atoms with Gasteiger partial charge in [0.25, 0.3) is 0 Å². The summed E-state index contributed by atoms with van der Waals surface area (Å²) in [7, 11) is 0. The van der Waals surface area contributed by atoms with E-state index in [-0.39, 0.29) is 0 Å². The van der Waals surface area contributed by atoms with Crippen LogP contribution in [0.3, 0.4) is 0 Å². The Balaban J connectivity index is 1.62. The van der Waals surface area contributed by atoms with Gasteiger partial charge in [0.15, 0.2) is 0 Å². The first-order valence-electron chi connectivity index (χ1n) is 6.90. The molecule has 0 saturated heterocycles. The smallest absolute Gasteiger partial charge is 0.335 e. The first kappa shape index (κ1) is 13.0. The van der Waals surface area contributed by atoms with Gasteiger partial charge in [0, 0.05) is 16.7 Å². The van der Waals surface area contributed by atoms with E-state index in [0.29, 0.717) is 5.56 Å². The van der Waals surface area contributed by atoms with E-state index in [4.69, 9.17) is 5.11 Å². The molecule has 4 heteroatoms. The molecule has 2 aliphatic carbocycles. The van der Waals surface area contributed by atoms with Crippen molar-refractivity contribution >= 4 is 27.6 Å². The van der Waals surface area contributed by atoms with E-state index >= 15 is 0 Å². The van der Waals surface area contributed by atoms with E-state index in [1.54, 1.807) is 12.1 Å². The van der Waals surface area contributed by atoms with E-state index < -0.39 is 5.97 Å². The van der Waals surface area contributed by atoms with E-state index in [9.17, 15) is 4.79 Å². The molecular weight excluding hydrogens is 306 g/mol. The van der Waals surface area contributed by atoms with Crippen LogP contribution in [-0.4, -0.2) is 17.6 Å². The van der Waals surface area contributed by atoms with Crippen LogP contribution in [0.5, 0.6) is 0 Å². The van der Waals surface area contributed by atoms with Crippen molar-refractivity contribution in [3.8, 4) is 0 Å². The van der Waals surface area contributed by atoms with E-state index in [1.165, 1.54) is 25.7 Å². The standard InChI is InChI=1S/C15H18BrNO2/c16-13-7-11(15(18)19)3-4-14(13)17-8-12-6-9-1-2-10(12)5-9/h3-4,7,9-10,12,17H,1-2,5-6,8H2,(H,18,19). The molecule has 3 unspecified atom stereocenters. The van der Waals surface area contributed by atoms with Gasteiger partial charge in [0.2, 0.25) is 0 Å². The SMILES string of the molecule is O=C(O)c1ccc(NCC2CC3CCC2C3)c(Br)c1. The molecule has 3 atom stereocenters. The maximum atomic E-state index is 10.9. The lowest BCUT2D eigenvalue weighted by Gasteiger charge is -2.22. The van der Waals surface area contributed by atoms with Crippen LogP contribution >= 0.6 is 15.9 Å². The fraction of sp³-hybridized carbons (Fsp3) is 0.533. The maximum absolute atomic E-state index is 10.9. The Labute approximate surface area is 121 Å². The van der Waals surface area contributed by atoms with Gasteiger partial charge in [-0.1, -0.05) is 6.42 Å². The highest BCUT2D eigenvalue weighted by Gasteiger charge is 2.39. The molecule has 3 nitrogen and oxygen atoms in total. The molecule has 0 radical (unpaired) electrons. The number of hydrogen-bond donors (Lipinski definition) is 2. The molecule has 1 aromatic carbocycles. The van der Waals surface area contributed by atoms with Crippen molar-refractivity contribution in [3.63, 3.8) is 0 Å². The van der Waals surface area contributed by atoms with Crippen molar-refractivity contribution < 1.29 is 9.90 Å². The molecule has 2 aliphatic rings. The summed E-state index contributed by atoms with van der Waals surface area (Å²) in [6.07, 6.45) is 5.61. The summed E-state index contributed by atoms with van der Waals surface area (Å²) in [4.78, 5) is 10.9. The predicted molar refractivity (Wildman–Crippen MR) is 78.5 cm³/mol. The number of rotatable bonds is 4. The minimum absolute atomic E-state index is 0.317. The predicted octanol–water partition coefficient (Wildman–Crippen LogP) is 4.00. The fourth-order valence-corrected chi connectivity index (χ4v) is 4.18. The topological polar surface area (TPSA) is 49.3 Å². The van der Waals surface area contributed by atoms with Crippen LogP contribution in [0.1, 0.15) is 36.0 Å². The largest absolute Gasteiger partial charge is 0.478 e. The third-order valence-electron chi connectivity index (χ3n) is 4.66. The summed E-state index contributed by atoms with van der Waals surface area (Å²) in [5.74, 6) is 1.79. The zero-order valence-electron chi connectivity index (χ0n) is 10.7. The number of nitrogens with one attached hydrogen (secondary N) is 1. The fourth-order valence-electron chi connectivity index (χ4n) is 3.66. The van der Waals surface area contributed by atoms with Crippen LogP contribution in [0.25, 0.3) is 0 Å². The van der Waals surface area contributed by atoms with Gasteiger partial charge >= 0.3 is 5.97 Å². The van der Waals surface area contributed by atoms with E-state index in [2.05, 4.69) is 21.2 Å². The molecule has 0 aromatic heterocycles. The Bertz CT molecular complexity index is 503. The highest BCUT2D eigenvalue weighted by molar-refractivity contribution is 9.10. The van der Waals surface area contributed by atoms with Crippen molar-refractivity contribution in [2.75, 3.05) is 11.9 Å². The average molecular weight is 324 g/mol. The van der Waals surface area contributed by atoms with Gasteiger partial charge in [0.05, 0.1) is 5.56 Å². The van der Waals surface area contributed by atoms with Crippen LogP contribution in [0, 0.1) is 17.8 Å². The van der Waals surface area contributed by atoms with Crippen molar-refractivity contribution in [2.24, 2.45) is 17.8 Å². The Hall–Kier alpha value is -1.03. The second-order valence-corrected chi connectivity index (χ2v) is 6.67. The van der Waals surface area contributed by atoms with Gasteiger partial charge in [-0.2, -0.15) is 0 Å². The van der Waals surface area contributed by atoms with Gasteiger partial charge in [-0.3, -0.25) is 0 Å². The summed E-state index contributed by atoms with van der Waals surface area (Å²) in [5, 5.41) is 12.4. The Morgan fingerprint density at radius 2 is 2.21 bits per heavy atom. The second-order valence-electron chi connectivity index (χ2n) is 5.82. The molecule has 0 spiro atoms. The van der Waals surface area contributed by atoms with Crippen LogP contribution in [-0.2, 0) is 0 Å². The van der Waals surface area contributed by atoms with Gasteiger partial charge in [0.1, 0.15) is 0 Å². The van der Waals surface area contributed by atoms with Crippen molar-refractivity contribution in [3.05, 3.63) is 28.2 Å². The maximum Gasteiger partial charge on any atom is 0.335 e. The average Bonchev–Trinajstić information content (AvgIpc) is 2.99. The van der Waals surface area contributed by atoms with Crippen LogP contribution < -0.4 is 5.32 Å². The normalized spacial score (nSPS) is 28.6. The third-order valence-corrected chi connectivity index (χ3v) is 5.31. The molecule has 2 N–H and O–H groups in total. The van der Waals surface area contributed by atoms with E-state index in [1.807, 2.05) is 6.07 Å². The van der Waals surface area contributed by atoms with Gasteiger partial charge < -0.3 is 10.4 Å². The lowest BCUT2D eigenvalue weighted by Crippen LogP contribution is -2.20. The number of carbonyl (C=O) groups is 1. The molecule has 0 amide bonds. The zero-order valence-corrected chi connectivity index (χ0v) is 12.3. The molecular formula is C15H18BrNO2. The van der Waals surface area contributed by atoms with Crippen LogP contribution in [0.15, 0.2) is 22.7 Å². The molecule has 1 aromatic rings. The van der Waals surface area contributed by atoms with Crippen LogP contribution in [0.2, 0.25) is 0 Å². The molecule has 3 rings (SSSR count). The summed E-state index contributed by atoms with van der Waals surface area (Å²) in [6.45, 7) is 1.01. The monoisotopic (exact) mass is 323 g/mol. The highest BCUT2D eigenvalue weighted by Crippen LogP contribution is 2.48. The summed E-state index contributed by atoms with van der Waals surface area (Å²) in [6, 6.07) is 5.16. The van der Waals surface area contributed by atoms with Gasteiger partial charge in [-0.15, -0.1) is 0 Å². The molecule has 0 aliphatic heterocycles. The quantitative estimate of drug-likeness (QED) is 0.880.